The number of hydrogen-bond donors (Lipinski definition) is 1. The summed E-state index contributed by atoms with van der Waals surface area (Å²) >= 11 is 3.45. The highest BCUT2D eigenvalue weighted by Gasteiger charge is 2.36. The highest BCUT2D eigenvalue weighted by molar-refractivity contribution is 9.10. The first-order chi connectivity index (χ1) is 10.9. The molecule has 1 aliphatic rings. The SMILES string of the molecule is Cc1cc(Br)c2oc(C(=O)N(CC(C)C(=O)O)C3CC3)cc2c1. The second-order valence-corrected chi connectivity index (χ2v) is 7.06. The number of carboxylic acid groups (broad SMARTS) is 1. The zero-order valence-electron chi connectivity index (χ0n) is 13.0. The van der Waals surface area contributed by atoms with Crippen LogP contribution in [0.3, 0.4) is 0 Å². The van der Waals surface area contributed by atoms with Gasteiger partial charge < -0.3 is 14.4 Å². The Hall–Kier alpha value is -1.82. The first kappa shape index (κ1) is 16.1. The van der Waals surface area contributed by atoms with Crippen LogP contribution >= 0.6 is 15.9 Å². The van der Waals surface area contributed by atoms with Crippen molar-refractivity contribution in [3.8, 4) is 0 Å². The van der Waals surface area contributed by atoms with Crippen molar-refractivity contribution in [1.82, 2.24) is 4.90 Å². The van der Waals surface area contributed by atoms with Crippen molar-refractivity contribution in [3.05, 3.63) is 34.0 Å². The lowest BCUT2D eigenvalue weighted by atomic mass is 10.1. The molecular weight excluding hydrogens is 362 g/mol. The van der Waals surface area contributed by atoms with Gasteiger partial charge in [0.2, 0.25) is 0 Å². The van der Waals surface area contributed by atoms with E-state index in [1.807, 2.05) is 19.1 Å². The number of carboxylic acids is 1. The number of amides is 1. The lowest BCUT2D eigenvalue weighted by Gasteiger charge is -2.23. The van der Waals surface area contributed by atoms with E-state index < -0.39 is 11.9 Å². The Morgan fingerprint density at radius 1 is 1.39 bits per heavy atom. The Labute approximate surface area is 142 Å². The largest absolute Gasteiger partial charge is 0.481 e. The zero-order valence-corrected chi connectivity index (χ0v) is 14.6. The fourth-order valence-corrected chi connectivity index (χ4v) is 3.33. The smallest absolute Gasteiger partial charge is 0.308 e. The number of rotatable bonds is 5. The standard InChI is InChI=1S/C17H18BrNO4/c1-9-5-11-7-14(23-15(11)13(18)6-9)16(20)19(12-3-4-12)8-10(2)17(21)22/h5-7,10,12H,3-4,8H2,1-2H3,(H,21,22). The highest BCUT2D eigenvalue weighted by atomic mass is 79.9. The number of carbonyl (C=O) groups excluding carboxylic acids is 1. The van der Waals surface area contributed by atoms with Crippen LogP contribution < -0.4 is 0 Å². The maximum Gasteiger partial charge on any atom is 0.308 e. The van der Waals surface area contributed by atoms with Crippen LogP contribution in [0.25, 0.3) is 11.0 Å². The van der Waals surface area contributed by atoms with E-state index in [-0.39, 0.29) is 24.3 Å². The maximum absolute atomic E-state index is 12.8. The molecule has 1 N–H and O–H groups in total. The van der Waals surface area contributed by atoms with E-state index >= 15 is 0 Å². The summed E-state index contributed by atoms with van der Waals surface area (Å²) in [5, 5.41) is 9.96. The van der Waals surface area contributed by atoms with E-state index in [4.69, 9.17) is 9.52 Å². The maximum atomic E-state index is 12.8. The Bertz CT molecular complexity index is 778. The van der Waals surface area contributed by atoms with Gasteiger partial charge in [-0.15, -0.1) is 0 Å². The average Bonchev–Trinajstić information content (AvgIpc) is 3.22. The van der Waals surface area contributed by atoms with Gasteiger partial charge in [0.05, 0.1) is 10.4 Å². The summed E-state index contributed by atoms with van der Waals surface area (Å²) in [6, 6.07) is 5.76. The van der Waals surface area contributed by atoms with Crippen LogP contribution in [0.1, 0.15) is 35.9 Å². The zero-order chi connectivity index (χ0) is 16.7. The van der Waals surface area contributed by atoms with Gasteiger partial charge in [-0.1, -0.05) is 6.92 Å². The minimum atomic E-state index is -0.897. The molecule has 1 fully saturated rings. The fraction of sp³-hybridized carbons (Fsp3) is 0.412. The van der Waals surface area contributed by atoms with Crippen LogP contribution in [-0.2, 0) is 4.79 Å². The second kappa shape index (κ2) is 6.00. The van der Waals surface area contributed by atoms with Gasteiger partial charge in [-0.2, -0.15) is 0 Å². The third kappa shape index (κ3) is 3.27. The molecule has 1 unspecified atom stereocenters. The van der Waals surface area contributed by atoms with Crippen LogP contribution in [0.15, 0.2) is 27.1 Å². The van der Waals surface area contributed by atoms with Crippen molar-refractivity contribution >= 4 is 38.8 Å². The molecule has 1 saturated carbocycles. The summed E-state index contributed by atoms with van der Waals surface area (Å²) in [5.41, 5.74) is 1.71. The van der Waals surface area contributed by atoms with Gasteiger partial charge in [0.25, 0.3) is 5.91 Å². The summed E-state index contributed by atoms with van der Waals surface area (Å²) in [4.78, 5) is 25.5. The quantitative estimate of drug-likeness (QED) is 0.856. The third-order valence-electron chi connectivity index (χ3n) is 4.07. The van der Waals surface area contributed by atoms with Gasteiger partial charge in [0, 0.05) is 18.0 Å². The average molecular weight is 380 g/mol. The van der Waals surface area contributed by atoms with Gasteiger partial charge in [0.15, 0.2) is 5.76 Å². The molecule has 0 spiro atoms. The molecule has 5 nitrogen and oxygen atoms in total. The number of aliphatic carboxylic acids is 1. The fourth-order valence-electron chi connectivity index (χ4n) is 2.66. The molecule has 6 heteroatoms. The number of fused-ring (bicyclic) bond motifs is 1. The molecule has 0 bridgehead atoms. The lowest BCUT2D eigenvalue weighted by molar-refractivity contribution is -0.141. The van der Waals surface area contributed by atoms with E-state index in [0.29, 0.717) is 5.58 Å². The molecule has 2 aromatic rings. The molecule has 0 radical (unpaired) electrons. The monoisotopic (exact) mass is 379 g/mol. The van der Waals surface area contributed by atoms with Gasteiger partial charge >= 0.3 is 5.97 Å². The molecule has 1 aromatic heterocycles. The predicted molar refractivity (Wildman–Crippen MR) is 89.5 cm³/mol. The number of benzene rings is 1. The van der Waals surface area contributed by atoms with E-state index in [1.54, 1.807) is 17.9 Å². The minimum absolute atomic E-state index is 0.127. The number of halogens is 1. The van der Waals surface area contributed by atoms with Crippen LogP contribution in [-0.4, -0.2) is 34.5 Å². The summed E-state index contributed by atoms with van der Waals surface area (Å²) in [6.07, 6.45) is 1.84. The van der Waals surface area contributed by atoms with Gasteiger partial charge in [-0.25, -0.2) is 0 Å². The topological polar surface area (TPSA) is 70.8 Å². The first-order valence-corrected chi connectivity index (χ1v) is 8.39. The lowest BCUT2D eigenvalue weighted by Crippen LogP contribution is -2.38. The van der Waals surface area contributed by atoms with Crippen LogP contribution in [0.4, 0.5) is 0 Å². The minimum Gasteiger partial charge on any atom is -0.481 e. The summed E-state index contributed by atoms with van der Waals surface area (Å²) < 4.78 is 6.54. The van der Waals surface area contributed by atoms with E-state index in [1.165, 1.54) is 0 Å². The molecule has 1 atom stereocenters. The molecule has 1 amide bonds. The number of hydrogen-bond acceptors (Lipinski definition) is 3. The molecule has 0 saturated heterocycles. The van der Waals surface area contributed by atoms with Crippen molar-refractivity contribution in [2.45, 2.75) is 32.7 Å². The number of nitrogens with zero attached hydrogens (tertiary/aromatic N) is 1. The second-order valence-electron chi connectivity index (χ2n) is 6.20. The van der Waals surface area contributed by atoms with E-state index in [0.717, 1.165) is 28.3 Å². The van der Waals surface area contributed by atoms with Gasteiger partial charge in [-0.05, 0) is 59.5 Å². The molecule has 1 aliphatic carbocycles. The third-order valence-corrected chi connectivity index (χ3v) is 4.66. The van der Waals surface area contributed by atoms with Crippen LogP contribution in [0, 0.1) is 12.8 Å². The predicted octanol–water partition coefficient (Wildman–Crippen LogP) is 3.83. The first-order valence-electron chi connectivity index (χ1n) is 7.60. The van der Waals surface area contributed by atoms with Crippen molar-refractivity contribution in [2.24, 2.45) is 5.92 Å². The van der Waals surface area contributed by atoms with Crippen LogP contribution in [0.2, 0.25) is 0 Å². The summed E-state index contributed by atoms with van der Waals surface area (Å²) in [5.74, 6) is -1.47. The molecule has 1 heterocycles. The summed E-state index contributed by atoms with van der Waals surface area (Å²) in [7, 11) is 0. The molecule has 23 heavy (non-hydrogen) atoms. The van der Waals surface area contributed by atoms with Crippen molar-refractivity contribution < 1.29 is 19.1 Å². The van der Waals surface area contributed by atoms with Crippen molar-refractivity contribution in [3.63, 3.8) is 0 Å². The molecule has 0 aliphatic heterocycles. The van der Waals surface area contributed by atoms with Crippen LogP contribution in [0.5, 0.6) is 0 Å². The molecule has 1 aromatic carbocycles. The molecule has 122 valence electrons. The van der Waals surface area contributed by atoms with Gasteiger partial charge in [-0.3, -0.25) is 9.59 Å². The Morgan fingerprint density at radius 3 is 2.70 bits per heavy atom. The van der Waals surface area contributed by atoms with E-state index in [9.17, 15) is 9.59 Å². The molecular formula is C17H18BrNO4. The Kier molecular flexibility index (Phi) is 4.19. The molecule has 3 rings (SSSR count). The highest BCUT2D eigenvalue weighted by Crippen LogP contribution is 2.32. The van der Waals surface area contributed by atoms with Crippen molar-refractivity contribution in [1.29, 1.82) is 0 Å². The number of aryl methyl sites for hydroxylation is 1. The number of carbonyl (C=O) groups is 2. The normalized spacial score (nSPS) is 15.6. The van der Waals surface area contributed by atoms with E-state index in [2.05, 4.69) is 15.9 Å². The number of furan rings is 1. The Morgan fingerprint density at radius 2 is 2.09 bits per heavy atom. The van der Waals surface area contributed by atoms with Gasteiger partial charge in [0.1, 0.15) is 5.58 Å². The Balaban J connectivity index is 1.91. The van der Waals surface area contributed by atoms with Crippen molar-refractivity contribution in [2.75, 3.05) is 6.54 Å². The summed E-state index contributed by atoms with van der Waals surface area (Å²) in [6.45, 7) is 3.80.